The number of fused-ring (bicyclic) bond motifs is 1. The lowest BCUT2D eigenvalue weighted by Crippen LogP contribution is -2.29. The van der Waals surface area contributed by atoms with Crippen LogP contribution in [0.3, 0.4) is 0 Å². The van der Waals surface area contributed by atoms with E-state index in [2.05, 4.69) is 10.3 Å². The molecule has 2 atom stereocenters. The molecule has 6 nitrogen and oxygen atoms in total. The third-order valence-electron chi connectivity index (χ3n) is 3.74. The Bertz CT molecular complexity index is 701. The molecule has 1 aliphatic heterocycles. The van der Waals surface area contributed by atoms with Crippen LogP contribution in [0.4, 0.5) is 5.69 Å². The Morgan fingerprint density at radius 2 is 2.36 bits per heavy atom. The molecule has 3 N–H and O–H groups in total. The van der Waals surface area contributed by atoms with Crippen molar-refractivity contribution in [3.05, 3.63) is 17.1 Å². The van der Waals surface area contributed by atoms with Crippen molar-refractivity contribution in [1.82, 2.24) is 4.98 Å². The fraction of sp³-hybridized carbons (Fsp3) is 0.467. The van der Waals surface area contributed by atoms with Gasteiger partial charge in [-0.3, -0.25) is 4.79 Å². The van der Waals surface area contributed by atoms with Crippen LogP contribution in [-0.2, 0) is 9.53 Å². The minimum Gasteiger partial charge on any atom is -0.494 e. The van der Waals surface area contributed by atoms with Gasteiger partial charge in [-0.25, -0.2) is 4.98 Å². The molecule has 0 spiro atoms. The van der Waals surface area contributed by atoms with Crippen LogP contribution in [0.5, 0.6) is 5.75 Å². The summed E-state index contributed by atoms with van der Waals surface area (Å²) in [5.74, 6) is 0.439. The number of benzene rings is 1. The second kappa shape index (κ2) is 6.20. The molecular weight excluding hydrogens is 302 g/mol. The molecule has 1 aromatic heterocycles. The number of aromatic nitrogens is 1. The molecule has 1 fully saturated rings. The molecule has 2 heterocycles. The predicted octanol–water partition coefficient (Wildman–Crippen LogP) is 2.06. The molecule has 2 aromatic rings. The van der Waals surface area contributed by atoms with Gasteiger partial charge in [-0.05, 0) is 25.8 Å². The maximum Gasteiger partial charge on any atom is 0.253 e. The van der Waals surface area contributed by atoms with Gasteiger partial charge in [0.15, 0.2) is 0 Å². The summed E-state index contributed by atoms with van der Waals surface area (Å²) in [6, 6.07) is 3.73. The number of carbonyl (C=O) groups excluding carboxylic acids is 1. The normalized spacial score (nSPS) is 21.2. The Labute approximate surface area is 132 Å². The van der Waals surface area contributed by atoms with E-state index in [0.29, 0.717) is 24.4 Å². The van der Waals surface area contributed by atoms with E-state index in [-0.39, 0.29) is 12.0 Å². The van der Waals surface area contributed by atoms with Gasteiger partial charge in [0.25, 0.3) is 5.91 Å². The number of aryl methyl sites for hydroxylation is 1. The van der Waals surface area contributed by atoms with E-state index >= 15 is 0 Å². The summed E-state index contributed by atoms with van der Waals surface area (Å²) >= 11 is 1.58. The predicted molar refractivity (Wildman–Crippen MR) is 86.5 cm³/mol. The topological polar surface area (TPSA) is 86.5 Å². The lowest BCUT2D eigenvalue weighted by molar-refractivity contribution is -0.126. The van der Waals surface area contributed by atoms with Gasteiger partial charge in [0, 0.05) is 12.6 Å². The summed E-state index contributed by atoms with van der Waals surface area (Å²) in [6.07, 6.45) is 1.04. The highest BCUT2D eigenvalue weighted by atomic mass is 32.1. The SMILES string of the molecule is COc1cc2nc(C)sc2cc1NC(=O)[C@@H]1CC[C@H](CN)O1. The zero-order valence-electron chi connectivity index (χ0n) is 12.6. The van der Waals surface area contributed by atoms with Crippen LogP contribution in [0.2, 0.25) is 0 Å². The summed E-state index contributed by atoms with van der Waals surface area (Å²) in [7, 11) is 1.58. The molecule has 0 aliphatic carbocycles. The van der Waals surface area contributed by atoms with Crippen molar-refractivity contribution in [2.45, 2.75) is 32.0 Å². The van der Waals surface area contributed by atoms with Gasteiger partial charge >= 0.3 is 0 Å². The number of nitrogens with zero attached hydrogens (tertiary/aromatic N) is 1. The monoisotopic (exact) mass is 321 g/mol. The molecular formula is C15H19N3O3S. The first-order valence-corrected chi connectivity index (χ1v) is 8.04. The first-order chi connectivity index (χ1) is 10.6. The third kappa shape index (κ3) is 2.92. The van der Waals surface area contributed by atoms with Gasteiger partial charge < -0.3 is 20.5 Å². The number of ether oxygens (including phenoxy) is 2. The average Bonchev–Trinajstić information content (AvgIpc) is 3.11. The highest BCUT2D eigenvalue weighted by molar-refractivity contribution is 7.18. The van der Waals surface area contributed by atoms with Crippen LogP contribution in [-0.4, -0.2) is 36.8 Å². The summed E-state index contributed by atoms with van der Waals surface area (Å²) in [5.41, 5.74) is 7.09. The molecule has 1 amide bonds. The minimum atomic E-state index is -0.447. The van der Waals surface area contributed by atoms with Crippen molar-refractivity contribution >= 4 is 33.1 Å². The number of nitrogens with two attached hydrogens (primary N) is 1. The number of rotatable bonds is 4. The molecule has 0 saturated carbocycles. The second-order valence-corrected chi connectivity index (χ2v) is 6.54. The number of thiazole rings is 1. The molecule has 118 valence electrons. The fourth-order valence-corrected chi connectivity index (χ4v) is 3.47. The Kier molecular flexibility index (Phi) is 4.28. The Hall–Kier alpha value is -1.70. The van der Waals surface area contributed by atoms with Crippen LogP contribution in [0.15, 0.2) is 12.1 Å². The molecule has 22 heavy (non-hydrogen) atoms. The van der Waals surface area contributed by atoms with Crippen LogP contribution < -0.4 is 15.8 Å². The summed E-state index contributed by atoms with van der Waals surface area (Å²) in [5, 5.41) is 3.88. The van der Waals surface area contributed by atoms with E-state index in [0.717, 1.165) is 21.6 Å². The Morgan fingerprint density at radius 1 is 1.55 bits per heavy atom. The molecule has 7 heteroatoms. The molecule has 1 aliphatic rings. The van der Waals surface area contributed by atoms with Crippen molar-refractivity contribution in [3.8, 4) is 5.75 Å². The van der Waals surface area contributed by atoms with Crippen LogP contribution in [0.25, 0.3) is 10.2 Å². The Morgan fingerprint density at radius 3 is 3.05 bits per heavy atom. The molecule has 1 saturated heterocycles. The first-order valence-electron chi connectivity index (χ1n) is 7.22. The number of hydrogen-bond acceptors (Lipinski definition) is 6. The lowest BCUT2D eigenvalue weighted by Gasteiger charge is -2.14. The zero-order valence-corrected chi connectivity index (χ0v) is 13.4. The van der Waals surface area contributed by atoms with Gasteiger partial charge in [-0.1, -0.05) is 0 Å². The minimum absolute atomic E-state index is 0.0238. The van der Waals surface area contributed by atoms with Crippen molar-refractivity contribution in [2.75, 3.05) is 19.0 Å². The van der Waals surface area contributed by atoms with Crippen molar-refractivity contribution in [3.63, 3.8) is 0 Å². The average molecular weight is 321 g/mol. The van der Waals surface area contributed by atoms with Crippen molar-refractivity contribution in [1.29, 1.82) is 0 Å². The molecule has 0 unspecified atom stereocenters. The van der Waals surface area contributed by atoms with Crippen molar-refractivity contribution < 1.29 is 14.3 Å². The second-order valence-electron chi connectivity index (χ2n) is 5.30. The molecule has 0 bridgehead atoms. The fourth-order valence-electron chi connectivity index (χ4n) is 2.62. The number of hydrogen-bond donors (Lipinski definition) is 2. The van der Waals surface area contributed by atoms with Crippen LogP contribution in [0, 0.1) is 6.92 Å². The standard InChI is InChI=1S/C15H19N3O3S/c1-8-17-11-5-13(20-2)10(6-14(11)22-8)18-15(19)12-4-3-9(7-16)21-12/h5-6,9,12H,3-4,7,16H2,1-2H3,(H,18,19)/t9-,12+/m1/s1. The highest BCUT2D eigenvalue weighted by Gasteiger charge is 2.30. The lowest BCUT2D eigenvalue weighted by atomic mass is 10.2. The van der Waals surface area contributed by atoms with E-state index in [1.54, 1.807) is 18.4 Å². The van der Waals surface area contributed by atoms with Gasteiger partial charge in [0.05, 0.1) is 34.1 Å². The smallest absolute Gasteiger partial charge is 0.253 e. The van der Waals surface area contributed by atoms with E-state index in [9.17, 15) is 4.79 Å². The zero-order chi connectivity index (χ0) is 15.7. The maximum atomic E-state index is 12.3. The van der Waals surface area contributed by atoms with Gasteiger partial charge in [-0.2, -0.15) is 0 Å². The number of nitrogens with one attached hydrogen (secondary N) is 1. The highest BCUT2D eigenvalue weighted by Crippen LogP contribution is 2.33. The van der Waals surface area contributed by atoms with Crippen molar-refractivity contribution in [2.24, 2.45) is 5.73 Å². The summed E-state index contributed by atoms with van der Waals surface area (Å²) < 4.78 is 12.0. The van der Waals surface area contributed by atoms with E-state index in [1.165, 1.54) is 0 Å². The largest absolute Gasteiger partial charge is 0.494 e. The first kappa shape index (κ1) is 15.2. The summed E-state index contributed by atoms with van der Waals surface area (Å²) in [6.45, 7) is 2.40. The Balaban J connectivity index is 1.81. The van der Waals surface area contributed by atoms with Crippen LogP contribution >= 0.6 is 11.3 Å². The van der Waals surface area contributed by atoms with Gasteiger partial charge in [0.2, 0.25) is 0 Å². The maximum absolute atomic E-state index is 12.3. The number of methoxy groups -OCH3 is 1. The van der Waals surface area contributed by atoms with Gasteiger partial charge in [0.1, 0.15) is 11.9 Å². The van der Waals surface area contributed by atoms with Gasteiger partial charge in [-0.15, -0.1) is 11.3 Å². The number of amides is 1. The summed E-state index contributed by atoms with van der Waals surface area (Å²) in [4.78, 5) is 16.8. The van der Waals surface area contributed by atoms with Crippen LogP contribution in [0.1, 0.15) is 17.8 Å². The van der Waals surface area contributed by atoms with E-state index in [1.807, 2.05) is 19.1 Å². The molecule has 3 rings (SSSR count). The molecule has 1 aromatic carbocycles. The number of anilines is 1. The quantitative estimate of drug-likeness (QED) is 0.900. The van der Waals surface area contributed by atoms with E-state index in [4.69, 9.17) is 15.2 Å². The van der Waals surface area contributed by atoms with E-state index < -0.39 is 6.10 Å². The molecule has 0 radical (unpaired) electrons. The number of carbonyl (C=O) groups is 1. The third-order valence-corrected chi connectivity index (χ3v) is 4.67.